The average Bonchev–Trinajstić information content (AvgIpc) is 3.25. The summed E-state index contributed by atoms with van der Waals surface area (Å²) in [4.78, 5) is 27.9. The van der Waals surface area contributed by atoms with Crippen LogP contribution < -0.4 is 15.0 Å². The maximum atomic E-state index is 12.6. The first-order valence-electron chi connectivity index (χ1n) is 9.70. The van der Waals surface area contributed by atoms with Gasteiger partial charge in [-0.1, -0.05) is 19.1 Å². The van der Waals surface area contributed by atoms with Gasteiger partial charge in [-0.25, -0.2) is 15.0 Å². The standard InChI is InChI=1S/C21H24N6O2/c1-15-6-5-9-26(11-15)19-10-20(23-13-22-19)27-12-17(24-14-27)21(28)25-16-7-3-4-8-18(16)29-2/h3-4,7-8,10,12-15H,5-6,9,11H2,1-2H3,(H,25,28)/t15-/m0/s1. The number of benzene rings is 1. The van der Waals surface area contributed by atoms with Crippen LogP contribution in [0.15, 0.2) is 49.2 Å². The van der Waals surface area contributed by atoms with E-state index in [1.807, 2.05) is 18.2 Å². The van der Waals surface area contributed by atoms with Gasteiger partial charge in [-0.3, -0.25) is 9.36 Å². The van der Waals surface area contributed by atoms with Crippen molar-refractivity contribution >= 4 is 17.4 Å². The smallest absolute Gasteiger partial charge is 0.275 e. The van der Waals surface area contributed by atoms with Gasteiger partial charge < -0.3 is 15.0 Å². The molecular formula is C21H24N6O2. The molecule has 0 bridgehead atoms. The van der Waals surface area contributed by atoms with E-state index in [1.165, 1.54) is 12.8 Å². The van der Waals surface area contributed by atoms with Crippen molar-refractivity contribution in [2.45, 2.75) is 19.8 Å². The Kier molecular flexibility index (Phi) is 5.41. The molecule has 8 heteroatoms. The average molecular weight is 392 g/mol. The minimum Gasteiger partial charge on any atom is -0.495 e. The van der Waals surface area contributed by atoms with E-state index in [1.54, 1.807) is 42.7 Å². The van der Waals surface area contributed by atoms with Gasteiger partial charge in [-0.15, -0.1) is 0 Å². The Bertz CT molecular complexity index is 1000. The predicted octanol–water partition coefficient (Wildman–Crippen LogP) is 3.16. The highest BCUT2D eigenvalue weighted by Gasteiger charge is 2.19. The molecule has 2 aromatic heterocycles. The van der Waals surface area contributed by atoms with Crippen molar-refractivity contribution in [3.63, 3.8) is 0 Å². The van der Waals surface area contributed by atoms with Crippen LogP contribution in [0.1, 0.15) is 30.3 Å². The molecular weight excluding hydrogens is 368 g/mol. The van der Waals surface area contributed by atoms with Crippen LogP contribution in [0.2, 0.25) is 0 Å². The van der Waals surface area contributed by atoms with Gasteiger partial charge in [0.05, 0.1) is 12.8 Å². The highest BCUT2D eigenvalue weighted by molar-refractivity contribution is 6.03. The van der Waals surface area contributed by atoms with Crippen LogP contribution in [0.4, 0.5) is 11.5 Å². The molecule has 1 saturated heterocycles. The van der Waals surface area contributed by atoms with Crippen LogP contribution in [-0.2, 0) is 0 Å². The zero-order valence-electron chi connectivity index (χ0n) is 16.6. The summed E-state index contributed by atoms with van der Waals surface area (Å²) in [5.74, 6) is 2.51. The molecule has 150 valence electrons. The summed E-state index contributed by atoms with van der Waals surface area (Å²) in [6.07, 6.45) is 7.22. The lowest BCUT2D eigenvalue weighted by Crippen LogP contribution is -2.34. The highest BCUT2D eigenvalue weighted by Crippen LogP contribution is 2.24. The van der Waals surface area contributed by atoms with Crippen molar-refractivity contribution in [3.8, 4) is 11.6 Å². The molecule has 1 aliphatic rings. The number of nitrogens with one attached hydrogen (secondary N) is 1. The molecule has 1 atom stereocenters. The molecule has 1 amide bonds. The predicted molar refractivity (Wildman–Crippen MR) is 111 cm³/mol. The van der Waals surface area contributed by atoms with E-state index in [0.717, 1.165) is 18.9 Å². The number of nitrogens with zero attached hydrogens (tertiary/aromatic N) is 5. The monoisotopic (exact) mass is 392 g/mol. The summed E-state index contributed by atoms with van der Waals surface area (Å²) in [5, 5.41) is 2.83. The third-order valence-corrected chi connectivity index (χ3v) is 5.05. The van der Waals surface area contributed by atoms with E-state index < -0.39 is 0 Å². The first-order chi connectivity index (χ1) is 14.1. The third-order valence-electron chi connectivity index (χ3n) is 5.05. The van der Waals surface area contributed by atoms with Crippen molar-refractivity contribution in [1.82, 2.24) is 19.5 Å². The minimum atomic E-state index is -0.313. The number of aromatic nitrogens is 4. The first-order valence-corrected chi connectivity index (χ1v) is 9.70. The van der Waals surface area contributed by atoms with Crippen LogP contribution >= 0.6 is 0 Å². The number of hydrogen-bond acceptors (Lipinski definition) is 6. The van der Waals surface area contributed by atoms with Crippen molar-refractivity contribution < 1.29 is 9.53 Å². The maximum Gasteiger partial charge on any atom is 0.275 e. The topological polar surface area (TPSA) is 85.2 Å². The van der Waals surface area contributed by atoms with E-state index in [9.17, 15) is 4.79 Å². The van der Waals surface area contributed by atoms with E-state index in [4.69, 9.17) is 4.74 Å². The van der Waals surface area contributed by atoms with Gasteiger partial charge in [0.1, 0.15) is 35.7 Å². The second kappa shape index (κ2) is 8.30. The summed E-state index contributed by atoms with van der Waals surface area (Å²) in [6.45, 7) is 4.25. The molecule has 3 heterocycles. The van der Waals surface area contributed by atoms with Gasteiger partial charge in [0, 0.05) is 25.4 Å². The largest absolute Gasteiger partial charge is 0.495 e. The quantitative estimate of drug-likeness (QED) is 0.718. The second-order valence-electron chi connectivity index (χ2n) is 7.25. The number of carbonyl (C=O) groups is 1. The number of rotatable bonds is 5. The summed E-state index contributed by atoms with van der Waals surface area (Å²) < 4.78 is 7.00. The third kappa shape index (κ3) is 4.21. The molecule has 0 saturated carbocycles. The Morgan fingerprint density at radius 1 is 1.21 bits per heavy atom. The molecule has 4 rings (SSSR count). The van der Waals surface area contributed by atoms with Crippen LogP contribution in [-0.4, -0.2) is 45.6 Å². The summed E-state index contributed by atoms with van der Waals surface area (Å²) >= 11 is 0. The summed E-state index contributed by atoms with van der Waals surface area (Å²) in [6, 6.07) is 9.18. The molecule has 3 aromatic rings. The Hall–Kier alpha value is -3.42. The van der Waals surface area contributed by atoms with E-state index in [-0.39, 0.29) is 5.91 Å². The Morgan fingerprint density at radius 3 is 2.86 bits per heavy atom. The Morgan fingerprint density at radius 2 is 2.03 bits per heavy atom. The molecule has 1 N–H and O–H groups in total. The molecule has 0 aliphatic carbocycles. The number of hydrogen-bond donors (Lipinski definition) is 1. The molecule has 0 spiro atoms. The lowest BCUT2D eigenvalue weighted by molar-refractivity contribution is 0.102. The minimum absolute atomic E-state index is 0.294. The second-order valence-corrected chi connectivity index (χ2v) is 7.25. The first kappa shape index (κ1) is 18.9. The van der Waals surface area contributed by atoms with Crippen molar-refractivity contribution in [3.05, 3.63) is 54.9 Å². The fourth-order valence-corrected chi connectivity index (χ4v) is 3.55. The van der Waals surface area contributed by atoms with Gasteiger partial charge in [-0.2, -0.15) is 0 Å². The number of para-hydroxylation sites is 2. The van der Waals surface area contributed by atoms with E-state index in [2.05, 4.69) is 32.1 Å². The van der Waals surface area contributed by atoms with E-state index >= 15 is 0 Å². The van der Waals surface area contributed by atoms with Gasteiger partial charge in [-0.05, 0) is 30.9 Å². The SMILES string of the molecule is COc1ccccc1NC(=O)c1cn(-c2cc(N3CCC[C@H](C)C3)ncn2)cn1. The number of anilines is 2. The van der Waals surface area contributed by atoms with Gasteiger partial charge in [0.2, 0.25) is 0 Å². The van der Waals surface area contributed by atoms with Crippen LogP contribution in [0.5, 0.6) is 5.75 Å². The lowest BCUT2D eigenvalue weighted by Gasteiger charge is -2.31. The van der Waals surface area contributed by atoms with Gasteiger partial charge >= 0.3 is 0 Å². The molecule has 8 nitrogen and oxygen atoms in total. The highest BCUT2D eigenvalue weighted by atomic mass is 16.5. The maximum absolute atomic E-state index is 12.6. The van der Waals surface area contributed by atoms with Crippen molar-refractivity contribution in [1.29, 1.82) is 0 Å². The zero-order valence-corrected chi connectivity index (χ0v) is 16.6. The Labute approximate surface area is 169 Å². The van der Waals surface area contributed by atoms with Gasteiger partial charge in [0.25, 0.3) is 5.91 Å². The molecule has 1 aliphatic heterocycles. The van der Waals surface area contributed by atoms with Crippen molar-refractivity contribution in [2.24, 2.45) is 5.92 Å². The van der Waals surface area contributed by atoms with Crippen LogP contribution in [0.25, 0.3) is 5.82 Å². The molecule has 0 radical (unpaired) electrons. The molecule has 0 unspecified atom stereocenters. The number of imidazole rings is 1. The zero-order chi connectivity index (χ0) is 20.2. The molecule has 29 heavy (non-hydrogen) atoms. The normalized spacial score (nSPS) is 16.5. The van der Waals surface area contributed by atoms with Crippen LogP contribution in [0.3, 0.4) is 0 Å². The number of ether oxygens (including phenoxy) is 1. The fraction of sp³-hybridized carbons (Fsp3) is 0.333. The number of amides is 1. The van der Waals surface area contributed by atoms with Gasteiger partial charge in [0.15, 0.2) is 0 Å². The number of piperidine rings is 1. The van der Waals surface area contributed by atoms with Crippen molar-refractivity contribution in [2.75, 3.05) is 30.4 Å². The van der Waals surface area contributed by atoms with E-state index in [0.29, 0.717) is 28.9 Å². The molecule has 1 aromatic carbocycles. The summed E-state index contributed by atoms with van der Waals surface area (Å²) in [5.41, 5.74) is 0.890. The number of methoxy groups -OCH3 is 1. The van der Waals surface area contributed by atoms with Crippen LogP contribution in [0, 0.1) is 5.92 Å². The molecule has 1 fully saturated rings. The lowest BCUT2D eigenvalue weighted by atomic mass is 10.0. The number of carbonyl (C=O) groups excluding carboxylic acids is 1. The Balaban J connectivity index is 1.51. The summed E-state index contributed by atoms with van der Waals surface area (Å²) in [7, 11) is 1.56. The fourth-order valence-electron chi connectivity index (χ4n) is 3.55.